The molecule has 0 amide bonds. The third-order valence-electron chi connectivity index (χ3n) is 2.25. The van der Waals surface area contributed by atoms with Gasteiger partial charge in [0.15, 0.2) is 5.79 Å². The van der Waals surface area contributed by atoms with Crippen LogP contribution >= 0.6 is 0 Å². The van der Waals surface area contributed by atoms with Crippen LogP contribution in [0.4, 0.5) is 0 Å². The SMILES string of the molecule is C=C[C@@H](OC)[C@H](O)[C@@H]1COC(C)(C)O1. The molecular formula is C10H18O4. The van der Waals surface area contributed by atoms with Gasteiger partial charge in [-0.1, -0.05) is 6.08 Å². The summed E-state index contributed by atoms with van der Waals surface area (Å²) in [6.07, 6.45) is 0.0454. The van der Waals surface area contributed by atoms with Crippen molar-refractivity contribution in [1.29, 1.82) is 0 Å². The lowest BCUT2D eigenvalue weighted by atomic mass is 10.1. The summed E-state index contributed by atoms with van der Waals surface area (Å²) in [5, 5.41) is 9.84. The van der Waals surface area contributed by atoms with Crippen molar-refractivity contribution < 1.29 is 19.3 Å². The highest BCUT2D eigenvalue weighted by molar-refractivity contribution is 4.92. The van der Waals surface area contributed by atoms with E-state index in [-0.39, 0.29) is 6.10 Å². The summed E-state index contributed by atoms with van der Waals surface area (Å²) in [5.74, 6) is -0.620. The highest BCUT2D eigenvalue weighted by atomic mass is 16.7. The minimum absolute atomic E-state index is 0.354. The molecule has 4 nitrogen and oxygen atoms in total. The predicted molar refractivity (Wildman–Crippen MR) is 51.9 cm³/mol. The van der Waals surface area contributed by atoms with Crippen LogP contribution < -0.4 is 0 Å². The van der Waals surface area contributed by atoms with Crippen molar-refractivity contribution in [2.24, 2.45) is 0 Å². The lowest BCUT2D eigenvalue weighted by molar-refractivity contribution is -0.159. The first-order valence-electron chi connectivity index (χ1n) is 4.65. The Morgan fingerprint density at radius 1 is 1.64 bits per heavy atom. The summed E-state index contributed by atoms with van der Waals surface area (Å²) < 4.78 is 15.9. The Morgan fingerprint density at radius 3 is 2.64 bits per heavy atom. The summed E-state index contributed by atoms with van der Waals surface area (Å²) in [6, 6.07) is 0. The molecule has 1 aliphatic heterocycles. The van der Waals surface area contributed by atoms with Gasteiger partial charge in [-0.15, -0.1) is 6.58 Å². The number of hydrogen-bond acceptors (Lipinski definition) is 4. The smallest absolute Gasteiger partial charge is 0.163 e. The molecule has 0 bridgehead atoms. The molecule has 0 aromatic carbocycles. The van der Waals surface area contributed by atoms with Crippen molar-refractivity contribution in [2.45, 2.75) is 37.9 Å². The van der Waals surface area contributed by atoms with Crippen molar-refractivity contribution >= 4 is 0 Å². The third-order valence-corrected chi connectivity index (χ3v) is 2.25. The first-order valence-corrected chi connectivity index (χ1v) is 4.65. The van der Waals surface area contributed by atoms with E-state index in [1.165, 1.54) is 7.11 Å². The molecule has 0 radical (unpaired) electrons. The minimum Gasteiger partial charge on any atom is -0.387 e. The van der Waals surface area contributed by atoms with Crippen LogP contribution in [-0.2, 0) is 14.2 Å². The molecule has 1 fully saturated rings. The fraction of sp³-hybridized carbons (Fsp3) is 0.800. The van der Waals surface area contributed by atoms with Crippen LogP contribution in [0.3, 0.4) is 0 Å². The van der Waals surface area contributed by atoms with Gasteiger partial charge in [-0.25, -0.2) is 0 Å². The molecule has 82 valence electrons. The standard InChI is InChI=1S/C10H18O4/c1-5-7(12-4)9(11)8-6-13-10(2,3)14-8/h5,7-9,11H,1,6H2,2-4H3/t7-,8+,9+/m1/s1. The van der Waals surface area contributed by atoms with E-state index in [9.17, 15) is 5.11 Å². The number of aliphatic hydroxyl groups is 1. The molecule has 0 aromatic heterocycles. The molecule has 1 rings (SSSR count). The van der Waals surface area contributed by atoms with Gasteiger partial charge in [0, 0.05) is 7.11 Å². The molecule has 1 heterocycles. The first kappa shape index (κ1) is 11.7. The van der Waals surface area contributed by atoms with Gasteiger partial charge in [-0.3, -0.25) is 0 Å². The van der Waals surface area contributed by atoms with Crippen molar-refractivity contribution in [2.75, 3.05) is 13.7 Å². The number of hydrogen-bond donors (Lipinski definition) is 1. The van der Waals surface area contributed by atoms with Crippen molar-refractivity contribution in [3.8, 4) is 0 Å². The normalized spacial score (nSPS) is 29.9. The van der Waals surface area contributed by atoms with Gasteiger partial charge < -0.3 is 19.3 Å². The van der Waals surface area contributed by atoms with Gasteiger partial charge in [-0.2, -0.15) is 0 Å². The topological polar surface area (TPSA) is 47.9 Å². The van der Waals surface area contributed by atoms with E-state index in [0.29, 0.717) is 6.61 Å². The number of ether oxygens (including phenoxy) is 3. The number of rotatable bonds is 4. The van der Waals surface area contributed by atoms with Crippen LogP contribution in [0, 0.1) is 0 Å². The van der Waals surface area contributed by atoms with E-state index >= 15 is 0 Å². The Balaban J connectivity index is 2.54. The Morgan fingerprint density at radius 2 is 2.29 bits per heavy atom. The Labute approximate surface area is 84.5 Å². The maximum Gasteiger partial charge on any atom is 0.163 e. The molecule has 0 unspecified atom stereocenters. The van der Waals surface area contributed by atoms with Crippen LogP contribution in [0.25, 0.3) is 0 Å². The molecule has 1 N–H and O–H groups in total. The van der Waals surface area contributed by atoms with Gasteiger partial charge >= 0.3 is 0 Å². The van der Waals surface area contributed by atoms with Crippen molar-refractivity contribution in [3.63, 3.8) is 0 Å². The fourth-order valence-electron chi connectivity index (χ4n) is 1.47. The van der Waals surface area contributed by atoms with Crippen LogP contribution in [0.5, 0.6) is 0 Å². The minimum atomic E-state index is -0.737. The number of methoxy groups -OCH3 is 1. The molecule has 4 heteroatoms. The Kier molecular flexibility index (Phi) is 3.66. The second-order valence-corrected chi connectivity index (χ2v) is 3.79. The van der Waals surface area contributed by atoms with E-state index in [1.807, 2.05) is 13.8 Å². The van der Waals surface area contributed by atoms with Crippen LogP contribution in [0.2, 0.25) is 0 Å². The van der Waals surface area contributed by atoms with Crippen molar-refractivity contribution in [1.82, 2.24) is 0 Å². The van der Waals surface area contributed by atoms with Crippen molar-refractivity contribution in [3.05, 3.63) is 12.7 Å². The lowest BCUT2D eigenvalue weighted by Crippen LogP contribution is -2.39. The zero-order valence-electron chi connectivity index (χ0n) is 8.90. The van der Waals surface area contributed by atoms with Gasteiger partial charge in [-0.05, 0) is 13.8 Å². The average molecular weight is 202 g/mol. The molecule has 3 atom stereocenters. The van der Waals surface area contributed by atoms with Gasteiger partial charge in [0.05, 0.1) is 6.61 Å². The average Bonchev–Trinajstić information content (AvgIpc) is 2.48. The highest BCUT2D eigenvalue weighted by Gasteiger charge is 2.39. The van der Waals surface area contributed by atoms with Crippen LogP contribution in [0.15, 0.2) is 12.7 Å². The van der Waals surface area contributed by atoms with Gasteiger partial charge in [0.2, 0.25) is 0 Å². The second-order valence-electron chi connectivity index (χ2n) is 3.79. The molecule has 1 aliphatic rings. The predicted octanol–water partition coefficient (Wildman–Crippen LogP) is 0.700. The summed E-state index contributed by atoms with van der Waals surface area (Å²) in [4.78, 5) is 0. The zero-order chi connectivity index (χ0) is 10.8. The van der Waals surface area contributed by atoms with Crippen LogP contribution in [0.1, 0.15) is 13.8 Å². The lowest BCUT2D eigenvalue weighted by Gasteiger charge is -2.24. The van der Waals surface area contributed by atoms with E-state index in [0.717, 1.165) is 0 Å². The van der Waals surface area contributed by atoms with Crippen LogP contribution in [-0.4, -0.2) is 42.9 Å². The molecule has 0 aliphatic carbocycles. The molecule has 14 heavy (non-hydrogen) atoms. The maximum atomic E-state index is 9.84. The first-order chi connectivity index (χ1) is 6.50. The summed E-state index contributed by atoms with van der Waals surface area (Å²) in [5.41, 5.74) is 0. The quantitative estimate of drug-likeness (QED) is 0.682. The summed E-state index contributed by atoms with van der Waals surface area (Å²) in [6.45, 7) is 7.59. The molecule has 0 spiro atoms. The highest BCUT2D eigenvalue weighted by Crippen LogP contribution is 2.25. The monoisotopic (exact) mass is 202 g/mol. The van der Waals surface area contributed by atoms with Gasteiger partial charge in [0.25, 0.3) is 0 Å². The van der Waals surface area contributed by atoms with E-state index in [4.69, 9.17) is 14.2 Å². The van der Waals surface area contributed by atoms with Gasteiger partial charge in [0.1, 0.15) is 18.3 Å². The summed E-state index contributed by atoms with van der Waals surface area (Å²) in [7, 11) is 1.52. The molecule has 0 aromatic rings. The molecule has 1 saturated heterocycles. The summed E-state index contributed by atoms with van der Waals surface area (Å²) >= 11 is 0. The molecule has 0 saturated carbocycles. The maximum absolute atomic E-state index is 9.84. The largest absolute Gasteiger partial charge is 0.387 e. The zero-order valence-corrected chi connectivity index (χ0v) is 8.90. The molecular weight excluding hydrogens is 184 g/mol. The number of aliphatic hydroxyl groups excluding tert-OH is 1. The fourth-order valence-corrected chi connectivity index (χ4v) is 1.47. The van der Waals surface area contributed by atoms with E-state index < -0.39 is 18.0 Å². The Hall–Kier alpha value is -0.420. The Bertz CT molecular complexity index is 202. The second kappa shape index (κ2) is 4.40. The van der Waals surface area contributed by atoms with E-state index in [1.54, 1.807) is 6.08 Å². The third kappa shape index (κ3) is 2.54. The van der Waals surface area contributed by atoms with E-state index in [2.05, 4.69) is 6.58 Å².